The Morgan fingerprint density at radius 1 is 1.04 bits per heavy atom. The van der Waals surface area contributed by atoms with Crippen LogP contribution in [0, 0.1) is 5.82 Å². The van der Waals surface area contributed by atoms with E-state index in [2.05, 4.69) is 10.9 Å². The summed E-state index contributed by atoms with van der Waals surface area (Å²) in [5.41, 5.74) is 5.16. The number of ether oxygens (including phenoxy) is 1. The van der Waals surface area contributed by atoms with E-state index in [-0.39, 0.29) is 18.1 Å². The average Bonchev–Trinajstić information content (AvgIpc) is 2.62. The molecule has 0 fully saturated rings. The smallest absolute Gasteiger partial charge is 0.269 e. The van der Waals surface area contributed by atoms with E-state index in [4.69, 9.17) is 4.74 Å². The molecule has 0 saturated heterocycles. The zero-order valence-electron chi connectivity index (χ0n) is 13.8. The van der Waals surface area contributed by atoms with Crippen LogP contribution in [0.3, 0.4) is 0 Å². The Labute approximate surface area is 149 Å². The Morgan fingerprint density at radius 2 is 1.72 bits per heavy atom. The van der Waals surface area contributed by atoms with Gasteiger partial charge in [-0.2, -0.15) is 0 Å². The molecule has 0 atom stereocenters. The van der Waals surface area contributed by atoms with Crippen LogP contribution in [-0.2, 0) is 4.79 Å². The number of halogens is 1. The van der Waals surface area contributed by atoms with Gasteiger partial charge in [0.15, 0.2) is 0 Å². The molecule has 2 N–H and O–H groups in total. The third-order valence-electron chi connectivity index (χ3n) is 3.15. The standard InChI is InChI=1S/C18H19FN2O3S/c1-2-24-15-7-3-13(4-8-15)18(23)21-20-17(22)11-12-25-16-9-5-14(19)6-10-16/h3-10H,2,11-12H2,1H3,(H,20,22)(H,21,23). The van der Waals surface area contributed by atoms with Gasteiger partial charge in [0.2, 0.25) is 5.91 Å². The highest BCUT2D eigenvalue weighted by Gasteiger charge is 2.08. The Kier molecular flexibility index (Phi) is 7.28. The van der Waals surface area contributed by atoms with E-state index >= 15 is 0 Å². The van der Waals surface area contributed by atoms with E-state index < -0.39 is 5.91 Å². The van der Waals surface area contributed by atoms with Crippen molar-refractivity contribution in [3.05, 3.63) is 59.9 Å². The highest BCUT2D eigenvalue weighted by atomic mass is 32.2. The Bertz CT molecular complexity index is 705. The first kappa shape index (κ1) is 18.8. The van der Waals surface area contributed by atoms with E-state index in [0.29, 0.717) is 23.7 Å². The van der Waals surface area contributed by atoms with Gasteiger partial charge in [-0.25, -0.2) is 4.39 Å². The fraction of sp³-hybridized carbons (Fsp3) is 0.222. The van der Waals surface area contributed by atoms with Gasteiger partial charge in [0, 0.05) is 22.6 Å². The molecule has 0 radical (unpaired) electrons. The highest BCUT2D eigenvalue weighted by Crippen LogP contribution is 2.18. The summed E-state index contributed by atoms with van der Waals surface area (Å²) >= 11 is 1.44. The summed E-state index contributed by atoms with van der Waals surface area (Å²) in [5, 5.41) is 0. The topological polar surface area (TPSA) is 67.4 Å². The number of hydrogen-bond acceptors (Lipinski definition) is 4. The maximum absolute atomic E-state index is 12.8. The van der Waals surface area contributed by atoms with Crippen molar-refractivity contribution < 1.29 is 18.7 Å². The molecule has 2 aromatic rings. The fourth-order valence-corrected chi connectivity index (χ4v) is 2.77. The van der Waals surface area contributed by atoms with Crippen molar-refractivity contribution in [2.24, 2.45) is 0 Å². The normalized spacial score (nSPS) is 10.2. The summed E-state index contributed by atoms with van der Waals surface area (Å²) in [7, 11) is 0. The summed E-state index contributed by atoms with van der Waals surface area (Å²) in [5.74, 6) is 0.215. The van der Waals surface area contributed by atoms with Crippen molar-refractivity contribution in [3.8, 4) is 5.75 Å². The van der Waals surface area contributed by atoms with E-state index in [0.717, 1.165) is 4.90 Å². The van der Waals surface area contributed by atoms with Crippen molar-refractivity contribution in [1.82, 2.24) is 10.9 Å². The van der Waals surface area contributed by atoms with E-state index in [9.17, 15) is 14.0 Å². The van der Waals surface area contributed by atoms with Crippen LogP contribution in [0.4, 0.5) is 4.39 Å². The van der Waals surface area contributed by atoms with Gasteiger partial charge in [0.1, 0.15) is 11.6 Å². The number of amides is 2. The summed E-state index contributed by atoms with van der Waals surface area (Å²) in [6.07, 6.45) is 0.228. The predicted octanol–water partition coefficient (Wildman–Crippen LogP) is 3.17. The van der Waals surface area contributed by atoms with Gasteiger partial charge in [-0.3, -0.25) is 20.4 Å². The minimum Gasteiger partial charge on any atom is -0.494 e. The van der Waals surface area contributed by atoms with Gasteiger partial charge >= 0.3 is 0 Å². The predicted molar refractivity (Wildman–Crippen MR) is 95.0 cm³/mol. The average molecular weight is 362 g/mol. The van der Waals surface area contributed by atoms with Crippen molar-refractivity contribution in [3.63, 3.8) is 0 Å². The zero-order chi connectivity index (χ0) is 18.1. The van der Waals surface area contributed by atoms with E-state index in [1.165, 1.54) is 23.9 Å². The first-order chi connectivity index (χ1) is 12.1. The molecule has 0 spiro atoms. The first-order valence-electron chi connectivity index (χ1n) is 7.79. The minimum atomic E-state index is -0.400. The number of thioether (sulfide) groups is 1. The third kappa shape index (κ3) is 6.46. The first-order valence-corrected chi connectivity index (χ1v) is 8.77. The highest BCUT2D eigenvalue weighted by molar-refractivity contribution is 7.99. The number of benzene rings is 2. The number of carbonyl (C=O) groups is 2. The van der Waals surface area contributed by atoms with Crippen LogP contribution in [0.25, 0.3) is 0 Å². The van der Waals surface area contributed by atoms with Crippen LogP contribution in [0.15, 0.2) is 53.4 Å². The molecule has 0 saturated carbocycles. The van der Waals surface area contributed by atoms with Gasteiger partial charge in [-0.15, -0.1) is 11.8 Å². The van der Waals surface area contributed by atoms with Crippen molar-refractivity contribution in [2.75, 3.05) is 12.4 Å². The second-order valence-electron chi connectivity index (χ2n) is 5.01. The van der Waals surface area contributed by atoms with Crippen LogP contribution in [-0.4, -0.2) is 24.2 Å². The van der Waals surface area contributed by atoms with Gasteiger partial charge in [-0.05, 0) is 55.5 Å². The van der Waals surface area contributed by atoms with Crippen LogP contribution < -0.4 is 15.6 Å². The summed E-state index contributed by atoms with van der Waals surface area (Å²) in [6, 6.07) is 12.7. The minimum absolute atomic E-state index is 0.228. The second-order valence-corrected chi connectivity index (χ2v) is 6.18. The number of hydrazine groups is 1. The zero-order valence-corrected chi connectivity index (χ0v) is 14.6. The quantitative estimate of drug-likeness (QED) is 0.586. The molecule has 2 aromatic carbocycles. The SMILES string of the molecule is CCOc1ccc(C(=O)NNC(=O)CCSc2ccc(F)cc2)cc1. The lowest BCUT2D eigenvalue weighted by atomic mass is 10.2. The lowest BCUT2D eigenvalue weighted by Gasteiger charge is -2.08. The van der Waals surface area contributed by atoms with Gasteiger partial charge < -0.3 is 4.74 Å². The van der Waals surface area contributed by atoms with Crippen LogP contribution in [0.2, 0.25) is 0 Å². The molecule has 0 aliphatic carbocycles. The molecule has 2 amide bonds. The Morgan fingerprint density at radius 3 is 2.36 bits per heavy atom. The number of hydrogen-bond donors (Lipinski definition) is 2. The Balaban J connectivity index is 1.70. The summed E-state index contributed by atoms with van der Waals surface area (Å²) in [4.78, 5) is 24.6. The van der Waals surface area contributed by atoms with Crippen LogP contribution in [0.5, 0.6) is 5.75 Å². The molecular weight excluding hydrogens is 343 g/mol. The number of nitrogens with one attached hydrogen (secondary N) is 2. The maximum atomic E-state index is 12.8. The van der Waals surface area contributed by atoms with E-state index in [1.54, 1.807) is 36.4 Å². The summed E-state index contributed by atoms with van der Waals surface area (Å²) < 4.78 is 18.1. The molecule has 132 valence electrons. The Hall–Kier alpha value is -2.54. The molecule has 0 aliphatic rings. The maximum Gasteiger partial charge on any atom is 0.269 e. The summed E-state index contributed by atoms with van der Waals surface area (Å²) in [6.45, 7) is 2.43. The lowest BCUT2D eigenvalue weighted by molar-refractivity contribution is -0.121. The molecule has 0 unspecified atom stereocenters. The molecule has 0 bridgehead atoms. The van der Waals surface area contributed by atoms with Crippen LogP contribution in [0.1, 0.15) is 23.7 Å². The molecule has 25 heavy (non-hydrogen) atoms. The molecule has 5 nitrogen and oxygen atoms in total. The second kappa shape index (κ2) is 9.68. The number of rotatable bonds is 7. The molecule has 0 aliphatic heterocycles. The van der Waals surface area contributed by atoms with Gasteiger partial charge in [0.25, 0.3) is 5.91 Å². The molecule has 0 heterocycles. The molecule has 7 heteroatoms. The van der Waals surface area contributed by atoms with Gasteiger partial charge in [-0.1, -0.05) is 0 Å². The molecular formula is C18H19FN2O3S. The fourth-order valence-electron chi connectivity index (χ4n) is 1.92. The van der Waals surface area contributed by atoms with Crippen molar-refractivity contribution in [2.45, 2.75) is 18.2 Å². The lowest BCUT2D eigenvalue weighted by Crippen LogP contribution is -2.41. The van der Waals surface area contributed by atoms with E-state index in [1.807, 2.05) is 6.92 Å². The molecule has 0 aromatic heterocycles. The van der Waals surface area contributed by atoms with Gasteiger partial charge in [0.05, 0.1) is 6.61 Å². The van der Waals surface area contributed by atoms with Crippen molar-refractivity contribution in [1.29, 1.82) is 0 Å². The largest absolute Gasteiger partial charge is 0.494 e. The number of carbonyl (C=O) groups excluding carboxylic acids is 2. The molecule has 2 rings (SSSR count). The monoisotopic (exact) mass is 362 g/mol. The van der Waals surface area contributed by atoms with Crippen LogP contribution >= 0.6 is 11.8 Å². The van der Waals surface area contributed by atoms with Crippen molar-refractivity contribution >= 4 is 23.6 Å². The third-order valence-corrected chi connectivity index (χ3v) is 4.17.